The Bertz CT molecular complexity index is 814. The number of amides is 3. The normalized spacial score (nSPS) is 26.8. The Morgan fingerprint density at radius 3 is 2.83 bits per heavy atom. The highest BCUT2D eigenvalue weighted by atomic mass is 19.1. The van der Waals surface area contributed by atoms with Gasteiger partial charge in [0.25, 0.3) is 5.91 Å². The van der Waals surface area contributed by atoms with Gasteiger partial charge < -0.3 is 20.3 Å². The number of carbonyl (C=O) groups excluding carboxylic acids is 3. The number of rotatable bonds is 5. The first-order chi connectivity index (χ1) is 14.5. The molecule has 3 heterocycles. The lowest BCUT2D eigenvalue weighted by molar-refractivity contribution is -0.136. The number of halogens is 1. The van der Waals surface area contributed by atoms with Crippen molar-refractivity contribution in [1.82, 2.24) is 20.4 Å². The number of nitrogens with one attached hydrogen (secondary N) is 2. The minimum atomic E-state index is -0.462. The number of nitrogens with zero attached hydrogens (tertiary/aromatic N) is 2. The van der Waals surface area contributed by atoms with E-state index in [4.69, 9.17) is 4.74 Å². The van der Waals surface area contributed by atoms with Gasteiger partial charge in [0, 0.05) is 50.2 Å². The van der Waals surface area contributed by atoms with E-state index in [0.717, 1.165) is 0 Å². The highest BCUT2D eigenvalue weighted by molar-refractivity contribution is 5.94. The monoisotopic (exact) mass is 418 g/mol. The largest absolute Gasteiger partial charge is 0.378 e. The highest BCUT2D eigenvalue weighted by Crippen LogP contribution is 2.26. The van der Waals surface area contributed by atoms with Crippen LogP contribution in [0.3, 0.4) is 0 Å². The molecular formula is C21H27FN4O4. The summed E-state index contributed by atoms with van der Waals surface area (Å²) >= 11 is 0. The summed E-state index contributed by atoms with van der Waals surface area (Å²) in [7, 11) is 0. The molecule has 3 fully saturated rings. The van der Waals surface area contributed by atoms with Crippen molar-refractivity contribution in [3.63, 3.8) is 0 Å². The van der Waals surface area contributed by atoms with Crippen molar-refractivity contribution < 1.29 is 23.5 Å². The zero-order valence-corrected chi connectivity index (χ0v) is 16.8. The van der Waals surface area contributed by atoms with Gasteiger partial charge in [0.2, 0.25) is 11.8 Å². The van der Waals surface area contributed by atoms with Crippen LogP contribution in [0.2, 0.25) is 0 Å². The lowest BCUT2D eigenvalue weighted by atomic mass is 10.0. The number of piperazine rings is 1. The summed E-state index contributed by atoms with van der Waals surface area (Å²) in [6.45, 7) is 3.44. The summed E-state index contributed by atoms with van der Waals surface area (Å²) in [5, 5.41) is 5.85. The Balaban J connectivity index is 1.34. The molecule has 0 aliphatic carbocycles. The third-order valence-corrected chi connectivity index (χ3v) is 6.10. The molecule has 3 aliphatic heterocycles. The Morgan fingerprint density at radius 1 is 1.27 bits per heavy atom. The van der Waals surface area contributed by atoms with Crippen molar-refractivity contribution in [2.24, 2.45) is 0 Å². The van der Waals surface area contributed by atoms with Crippen LogP contribution in [-0.4, -0.2) is 85.0 Å². The lowest BCUT2D eigenvalue weighted by Gasteiger charge is -2.37. The van der Waals surface area contributed by atoms with Gasteiger partial charge in [0.15, 0.2) is 0 Å². The van der Waals surface area contributed by atoms with Gasteiger partial charge in [-0.2, -0.15) is 0 Å². The molecule has 3 atom stereocenters. The fourth-order valence-electron chi connectivity index (χ4n) is 4.51. The van der Waals surface area contributed by atoms with Gasteiger partial charge in [0.1, 0.15) is 5.82 Å². The minimum absolute atomic E-state index is 0.0479. The fourth-order valence-corrected chi connectivity index (χ4v) is 4.51. The number of fused-ring (bicyclic) bond motifs is 1. The molecule has 8 nitrogen and oxygen atoms in total. The number of ether oxygens (including phenoxy) is 1. The molecule has 3 saturated heterocycles. The molecule has 0 spiro atoms. The average Bonchev–Trinajstić information content (AvgIpc) is 3.18. The van der Waals surface area contributed by atoms with Crippen molar-refractivity contribution in [2.75, 3.05) is 39.4 Å². The Hall–Kier alpha value is -2.52. The van der Waals surface area contributed by atoms with Crippen LogP contribution >= 0.6 is 0 Å². The highest BCUT2D eigenvalue weighted by Gasteiger charge is 2.43. The topological polar surface area (TPSA) is 91.0 Å². The third-order valence-electron chi connectivity index (χ3n) is 6.10. The summed E-state index contributed by atoms with van der Waals surface area (Å²) in [5.74, 6) is -0.746. The number of carbonyl (C=O) groups is 3. The van der Waals surface area contributed by atoms with E-state index >= 15 is 0 Å². The van der Waals surface area contributed by atoms with Crippen LogP contribution in [0, 0.1) is 5.82 Å². The van der Waals surface area contributed by atoms with Gasteiger partial charge in [0.05, 0.1) is 19.3 Å². The molecule has 162 valence electrons. The Labute approximate surface area is 174 Å². The second kappa shape index (κ2) is 9.09. The van der Waals surface area contributed by atoms with E-state index in [1.54, 1.807) is 6.07 Å². The van der Waals surface area contributed by atoms with E-state index in [1.165, 1.54) is 18.2 Å². The molecule has 3 amide bonds. The van der Waals surface area contributed by atoms with Crippen LogP contribution in [0.5, 0.6) is 0 Å². The van der Waals surface area contributed by atoms with Crippen molar-refractivity contribution in [3.8, 4) is 0 Å². The number of hydrogen-bond donors (Lipinski definition) is 2. The second-order valence-corrected chi connectivity index (χ2v) is 8.06. The van der Waals surface area contributed by atoms with Gasteiger partial charge in [-0.15, -0.1) is 0 Å². The molecule has 0 radical (unpaired) electrons. The van der Waals surface area contributed by atoms with Gasteiger partial charge in [-0.25, -0.2) is 4.39 Å². The van der Waals surface area contributed by atoms with Crippen LogP contribution in [0.15, 0.2) is 24.3 Å². The maximum atomic E-state index is 13.4. The zero-order chi connectivity index (χ0) is 21.1. The van der Waals surface area contributed by atoms with Crippen LogP contribution in [0.25, 0.3) is 0 Å². The smallest absolute Gasteiger partial charge is 0.251 e. The van der Waals surface area contributed by atoms with E-state index < -0.39 is 5.82 Å². The molecule has 0 aromatic heterocycles. The SMILES string of the molecule is O=C(N[C@H]1C[C@H]2C(=O)NC[C@@H](CCC(=O)N3CCOCC3)N2C1)c1cccc(F)c1. The van der Waals surface area contributed by atoms with Crippen molar-refractivity contribution in [3.05, 3.63) is 35.6 Å². The van der Waals surface area contributed by atoms with Gasteiger partial charge in [-0.1, -0.05) is 6.07 Å². The summed E-state index contributed by atoms with van der Waals surface area (Å²) in [6.07, 6.45) is 1.57. The molecule has 0 saturated carbocycles. The van der Waals surface area contributed by atoms with E-state index in [0.29, 0.717) is 58.7 Å². The molecular weight excluding hydrogens is 391 g/mol. The quantitative estimate of drug-likeness (QED) is 0.710. The predicted molar refractivity (Wildman–Crippen MR) is 106 cm³/mol. The molecule has 0 bridgehead atoms. The maximum absolute atomic E-state index is 13.4. The van der Waals surface area contributed by atoms with Crippen molar-refractivity contribution in [1.29, 1.82) is 0 Å². The average molecular weight is 418 g/mol. The zero-order valence-electron chi connectivity index (χ0n) is 16.8. The lowest BCUT2D eigenvalue weighted by Crippen LogP contribution is -2.58. The standard InChI is InChI=1S/C21H27FN4O4/c22-15-3-1-2-14(10-15)20(28)24-16-11-18-21(29)23-12-17(26(18)13-16)4-5-19(27)25-6-8-30-9-7-25/h1-3,10,16-18H,4-9,11-13H2,(H,23,29)(H,24,28)/t16-,17+,18-/m0/s1. The molecule has 1 aromatic carbocycles. The number of morpholine rings is 1. The van der Waals surface area contributed by atoms with Crippen LogP contribution in [0.4, 0.5) is 4.39 Å². The molecule has 3 aliphatic rings. The van der Waals surface area contributed by atoms with Crippen LogP contribution < -0.4 is 10.6 Å². The molecule has 30 heavy (non-hydrogen) atoms. The summed E-state index contributed by atoms with van der Waals surface area (Å²) < 4.78 is 18.7. The first-order valence-electron chi connectivity index (χ1n) is 10.5. The van der Waals surface area contributed by atoms with Gasteiger partial charge in [-0.05, 0) is 31.0 Å². The van der Waals surface area contributed by atoms with E-state index in [9.17, 15) is 18.8 Å². The van der Waals surface area contributed by atoms with Crippen LogP contribution in [0.1, 0.15) is 29.6 Å². The third kappa shape index (κ3) is 4.62. The first kappa shape index (κ1) is 20.7. The summed E-state index contributed by atoms with van der Waals surface area (Å²) in [5.41, 5.74) is 0.261. The first-order valence-corrected chi connectivity index (χ1v) is 10.5. The van der Waals surface area contributed by atoms with E-state index in [-0.39, 0.29) is 41.4 Å². The number of hydrogen-bond acceptors (Lipinski definition) is 5. The predicted octanol–water partition coefficient (Wildman–Crippen LogP) is 0.136. The van der Waals surface area contributed by atoms with Gasteiger partial charge in [-0.3, -0.25) is 19.3 Å². The minimum Gasteiger partial charge on any atom is -0.378 e. The molecule has 0 unspecified atom stereocenters. The molecule has 9 heteroatoms. The Kier molecular flexibility index (Phi) is 6.29. The Morgan fingerprint density at radius 2 is 2.07 bits per heavy atom. The molecule has 1 aromatic rings. The fraction of sp³-hybridized carbons (Fsp3) is 0.571. The van der Waals surface area contributed by atoms with E-state index in [1.807, 2.05) is 4.90 Å². The molecule has 4 rings (SSSR count). The number of benzene rings is 1. The van der Waals surface area contributed by atoms with Gasteiger partial charge >= 0.3 is 0 Å². The summed E-state index contributed by atoms with van der Waals surface area (Å²) in [4.78, 5) is 41.2. The van der Waals surface area contributed by atoms with Crippen molar-refractivity contribution >= 4 is 17.7 Å². The van der Waals surface area contributed by atoms with Crippen molar-refractivity contribution in [2.45, 2.75) is 37.4 Å². The second-order valence-electron chi connectivity index (χ2n) is 8.06. The molecule has 2 N–H and O–H groups in total. The van der Waals surface area contributed by atoms with E-state index in [2.05, 4.69) is 15.5 Å². The maximum Gasteiger partial charge on any atom is 0.251 e. The van der Waals surface area contributed by atoms with Crippen LogP contribution in [-0.2, 0) is 14.3 Å². The summed E-state index contributed by atoms with van der Waals surface area (Å²) in [6, 6.07) is 5.08.